The van der Waals surface area contributed by atoms with Gasteiger partial charge in [0.1, 0.15) is 0 Å². The molecule has 0 aromatic heterocycles. The Hall–Kier alpha value is -1.36. The van der Waals surface area contributed by atoms with Crippen LogP contribution in [0.15, 0.2) is 18.2 Å². The Labute approximate surface area is 113 Å². The predicted octanol–water partition coefficient (Wildman–Crippen LogP) is 1.45. The SMILES string of the molecule is Cc1ccc(C)c(N2C(=O)CC3CS(=O)(=O)CC32)c1. The lowest BCUT2D eigenvalue weighted by Gasteiger charge is -2.25. The van der Waals surface area contributed by atoms with Crippen LogP contribution < -0.4 is 4.90 Å². The first-order valence-electron chi connectivity index (χ1n) is 6.47. The van der Waals surface area contributed by atoms with Crippen LogP contribution >= 0.6 is 0 Å². The summed E-state index contributed by atoms with van der Waals surface area (Å²) in [5.74, 6) is 0.290. The molecule has 2 unspecified atom stereocenters. The molecule has 0 aliphatic carbocycles. The molecule has 1 aromatic carbocycles. The molecule has 5 heteroatoms. The van der Waals surface area contributed by atoms with Crippen molar-refractivity contribution in [2.45, 2.75) is 26.3 Å². The number of nitrogens with zero attached hydrogens (tertiary/aromatic N) is 1. The Kier molecular flexibility index (Phi) is 2.71. The van der Waals surface area contributed by atoms with Crippen LogP contribution in [0.3, 0.4) is 0 Å². The zero-order valence-corrected chi connectivity index (χ0v) is 11.9. The largest absolute Gasteiger partial charge is 0.308 e. The standard InChI is InChI=1S/C14H17NO3S/c1-9-3-4-10(2)12(5-9)15-13-8-19(17,18)7-11(13)6-14(15)16/h3-5,11,13H,6-8H2,1-2H3. The molecule has 19 heavy (non-hydrogen) atoms. The van der Waals surface area contributed by atoms with Crippen LogP contribution in [-0.4, -0.2) is 31.9 Å². The third-order valence-electron chi connectivity index (χ3n) is 4.10. The summed E-state index contributed by atoms with van der Waals surface area (Å²) in [5.41, 5.74) is 2.97. The van der Waals surface area contributed by atoms with E-state index in [2.05, 4.69) is 0 Å². The number of sulfone groups is 1. The molecule has 2 aliphatic rings. The Morgan fingerprint density at radius 2 is 1.95 bits per heavy atom. The van der Waals surface area contributed by atoms with E-state index in [0.29, 0.717) is 6.42 Å². The summed E-state index contributed by atoms with van der Waals surface area (Å²) in [6.07, 6.45) is 0.358. The number of benzene rings is 1. The Balaban J connectivity index is 2.04. The van der Waals surface area contributed by atoms with E-state index in [1.54, 1.807) is 4.90 Å². The fraction of sp³-hybridized carbons (Fsp3) is 0.500. The van der Waals surface area contributed by atoms with Crippen LogP contribution in [0.5, 0.6) is 0 Å². The van der Waals surface area contributed by atoms with E-state index >= 15 is 0 Å². The van der Waals surface area contributed by atoms with E-state index in [1.165, 1.54) is 0 Å². The summed E-state index contributed by atoms with van der Waals surface area (Å²) in [5, 5.41) is 0. The van der Waals surface area contributed by atoms with Crippen molar-refractivity contribution in [1.29, 1.82) is 0 Å². The second-order valence-corrected chi connectivity index (χ2v) is 7.82. The van der Waals surface area contributed by atoms with Crippen LogP contribution in [0.2, 0.25) is 0 Å². The third kappa shape index (κ3) is 2.06. The van der Waals surface area contributed by atoms with Gasteiger partial charge in [-0.25, -0.2) is 8.42 Å². The minimum atomic E-state index is -2.99. The smallest absolute Gasteiger partial charge is 0.227 e. The molecule has 2 heterocycles. The molecule has 3 rings (SSSR count). The fourth-order valence-corrected chi connectivity index (χ4v) is 5.25. The fourth-order valence-electron chi connectivity index (χ4n) is 3.18. The average molecular weight is 279 g/mol. The lowest BCUT2D eigenvalue weighted by atomic mass is 10.0. The Bertz CT molecular complexity index is 651. The van der Waals surface area contributed by atoms with Crippen molar-refractivity contribution < 1.29 is 13.2 Å². The van der Waals surface area contributed by atoms with Gasteiger partial charge in [-0.05, 0) is 31.0 Å². The zero-order valence-electron chi connectivity index (χ0n) is 11.1. The van der Waals surface area contributed by atoms with Gasteiger partial charge < -0.3 is 4.90 Å². The summed E-state index contributed by atoms with van der Waals surface area (Å²) in [7, 11) is -2.99. The molecule has 0 radical (unpaired) electrons. The van der Waals surface area contributed by atoms with E-state index in [1.807, 2.05) is 32.0 Å². The number of hydrogen-bond acceptors (Lipinski definition) is 3. The second-order valence-electron chi connectivity index (χ2n) is 5.66. The lowest BCUT2D eigenvalue weighted by Crippen LogP contribution is -2.36. The van der Waals surface area contributed by atoms with Gasteiger partial charge in [0.05, 0.1) is 17.5 Å². The maximum Gasteiger partial charge on any atom is 0.227 e. The Morgan fingerprint density at radius 3 is 2.68 bits per heavy atom. The summed E-state index contributed by atoms with van der Waals surface area (Å²) in [4.78, 5) is 13.9. The molecule has 102 valence electrons. The molecule has 2 aliphatic heterocycles. The number of amides is 1. The van der Waals surface area contributed by atoms with E-state index < -0.39 is 9.84 Å². The molecule has 1 aromatic rings. The van der Waals surface area contributed by atoms with Gasteiger partial charge in [-0.3, -0.25) is 4.79 Å². The molecule has 2 saturated heterocycles. The van der Waals surface area contributed by atoms with E-state index in [-0.39, 0.29) is 29.4 Å². The first-order chi connectivity index (χ1) is 8.87. The monoisotopic (exact) mass is 279 g/mol. The number of hydrogen-bond donors (Lipinski definition) is 0. The van der Waals surface area contributed by atoms with Gasteiger partial charge >= 0.3 is 0 Å². The van der Waals surface area contributed by atoms with Crippen molar-refractivity contribution >= 4 is 21.4 Å². The number of carbonyl (C=O) groups is 1. The van der Waals surface area contributed by atoms with Gasteiger partial charge in [-0.1, -0.05) is 12.1 Å². The summed E-state index contributed by atoms with van der Waals surface area (Å²) >= 11 is 0. The zero-order chi connectivity index (χ0) is 13.8. The van der Waals surface area contributed by atoms with Gasteiger partial charge in [-0.2, -0.15) is 0 Å². The quantitative estimate of drug-likeness (QED) is 0.782. The number of anilines is 1. The maximum absolute atomic E-state index is 12.2. The first-order valence-corrected chi connectivity index (χ1v) is 8.29. The van der Waals surface area contributed by atoms with Gasteiger partial charge in [0.15, 0.2) is 9.84 Å². The van der Waals surface area contributed by atoms with Crippen molar-refractivity contribution in [3.05, 3.63) is 29.3 Å². The van der Waals surface area contributed by atoms with Gasteiger partial charge in [0, 0.05) is 18.0 Å². The number of carbonyl (C=O) groups excluding carboxylic acids is 1. The molecule has 2 fully saturated rings. The van der Waals surface area contributed by atoms with Crippen molar-refractivity contribution in [2.24, 2.45) is 5.92 Å². The molecule has 1 amide bonds. The number of fused-ring (bicyclic) bond motifs is 1. The second kappa shape index (κ2) is 4.07. The molecular formula is C14H17NO3S. The van der Waals surface area contributed by atoms with E-state index in [4.69, 9.17) is 0 Å². The summed E-state index contributed by atoms with van der Waals surface area (Å²) < 4.78 is 23.5. The molecule has 4 nitrogen and oxygen atoms in total. The predicted molar refractivity (Wildman–Crippen MR) is 74.0 cm³/mol. The van der Waals surface area contributed by atoms with Crippen LogP contribution in [-0.2, 0) is 14.6 Å². The normalized spacial score (nSPS) is 28.7. The summed E-state index contributed by atoms with van der Waals surface area (Å²) in [6.45, 7) is 3.94. The van der Waals surface area contributed by atoms with Crippen molar-refractivity contribution in [3.63, 3.8) is 0 Å². The highest BCUT2D eigenvalue weighted by atomic mass is 32.2. The highest BCUT2D eigenvalue weighted by Crippen LogP contribution is 2.38. The number of aryl methyl sites for hydroxylation is 2. The van der Waals surface area contributed by atoms with Crippen molar-refractivity contribution in [1.82, 2.24) is 0 Å². The molecular weight excluding hydrogens is 262 g/mol. The van der Waals surface area contributed by atoms with Crippen molar-refractivity contribution in [2.75, 3.05) is 16.4 Å². The van der Waals surface area contributed by atoms with E-state index in [9.17, 15) is 13.2 Å². The number of rotatable bonds is 1. The minimum absolute atomic E-state index is 0.0302. The molecule has 0 bridgehead atoms. The molecule has 2 atom stereocenters. The third-order valence-corrected chi connectivity index (χ3v) is 5.88. The highest BCUT2D eigenvalue weighted by molar-refractivity contribution is 7.91. The van der Waals surface area contributed by atoms with Crippen LogP contribution in [0.4, 0.5) is 5.69 Å². The van der Waals surface area contributed by atoms with Gasteiger partial charge in [0.25, 0.3) is 0 Å². The average Bonchev–Trinajstić information content (AvgIpc) is 2.73. The highest BCUT2D eigenvalue weighted by Gasteiger charge is 2.49. The first kappa shape index (κ1) is 12.7. The topological polar surface area (TPSA) is 54.5 Å². The van der Waals surface area contributed by atoms with Gasteiger partial charge in [0.2, 0.25) is 5.91 Å². The lowest BCUT2D eigenvalue weighted by molar-refractivity contribution is -0.117. The Morgan fingerprint density at radius 1 is 1.21 bits per heavy atom. The van der Waals surface area contributed by atoms with E-state index in [0.717, 1.165) is 16.8 Å². The maximum atomic E-state index is 12.2. The minimum Gasteiger partial charge on any atom is -0.308 e. The summed E-state index contributed by atoms with van der Waals surface area (Å²) in [6, 6.07) is 5.79. The van der Waals surface area contributed by atoms with Crippen LogP contribution in [0.1, 0.15) is 17.5 Å². The van der Waals surface area contributed by atoms with Crippen LogP contribution in [0.25, 0.3) is 0 Å². The molecule has 0 N–H and O–H groups in total. The van der Waals surface area contributed by atoms with Gasteiger partial charge in [-0.15, -0.1) is 0 Å². The van der Waals surface area contributed by atoms with Crippen LogP contribution in [0, 0.1) is 19.8 Å². The molecule has 0 spiro atoms. The molecule has 0 saturated carbocycles. The van der Waals surface area contributed by atoms with Crippen molar-refractivity contribution in [3.8, 4) is 0 Å².